The topological polar surface area (TPSA) is 25.9 Å². The van der Waals surface area contributed by atoms with Gasteiger partial charge in [0.2, 0.25) is 11.8 Å². The first-order valence-corrected chi connectivity index (χ1v) is 10.4. The molecule has 2 atom stereocenters. The Balaban J connectivity index is 1.48. The quantitative estimate of drug-likeness (QED) is 0.412. The third-order valence-electron chi connectivity index (χ3n) is 6.04. The molecule has 0 aliphatic heterocycles. The number of fused-ring (bicyclic) bond motifs is 2. The van der Waals surface area contributed by atoms with Crippen LogP contribution in [0.2, 0.25) is 5.02 Å². The highest BCUT2D eigenvalue weighted by Crippen LogP contribution is 2.29. The van der Waals surface area contributed by atoms with Crippen LogP contribution in [0.1, 0.15) is 46.9 Å². The van der Waals surface area contributed by atoms with Gasteiger partial charge in [-0.15, -0.1) is 0 Å². The lowest BCUT2D eigenvalue weighted by Crippen LogP contribution is -2.45. The smallest absolute Gasteiger partial charge is 0.230 e. The van der Waals surface area contributed by atoms with Crippen LogP contribution in [0, 0.1) is 0 Å². The molecule has 0 amide bonds. The molecule has 0 fully saturated rings. The maximum absolute atomic E-state index is 13.1. The molecule has 0 saturated carbocycles. The summed E-state index contributed by atoms with van der Waals surface area (Å²) >= 11 is 6.13. The van der Waals surface area contributed by atoms with Crippen LogP contribution in [0.4, 0.5) is 0 Å². The maximum Gasteiger partial charge on any atom is 0.230 e. The molecule has 2 aromatic carbocycles. The predicted octanol–water partition coefficient (Wildman–Crippen LogP) is 5.56. The number of halogens is 1. The molecule has 2 heterocycles. The largest absolute Gasteiger partial charge is 0.346 e. The first-order valence-electron chi connectivity index (χ1n) is 10.00. The molecule has 29 heavy (non-hydrogen) atoms. The summed E-state index contributed by atoms with van der Waals surface area (Å²) in [5, 5.41) is 2.93. The zero-order valence-corrected chi connectivity index (χ0v) is 17.0. The lowest BCUT2D eigenvalue weighted by molar-refractivity contribution is -0.707. The average Bonchev–Trinajstić information content (AvgIpc) is 3.18. The van der Waals surface area contributed by atoms with Crippen LogP contribution in [0.3, 0.4) is 0 Å². The lowest BCUT2D eigenvalue weighted by atomic mass is 9.87. The van der Waals surface area contributed by atoms with Crippen molar-refractivity contribution in [2.24, 2.45) is 0 Å². The summed E-state index contributed by atoms with van der Waals surface area (Å²) < 4.78 is 4.30. The van der Waals surface area contributed by atoms with Crippen molar-refractivity contribution < 1.29 is 9.36 Å². The molecule has 4 aromatic rings. The Morgan fingerprint density at radius 2 is 1.86 bits per heavy atom. The van der Waals surface area contributed by atoms with Gasteiger partial charge >= 0.3 is 0 Å². The molecule has 0 N–H and O–H groups in total. The standard InChI is InChI=1S/C25H22ClN2O/c1-17(18-5-3-2-4-6-18)28-14-20-11-12-27(15-21(20)16-28)24-10-8-19-7-9-22(26)13-23(19)25(24)29/h2-7,9,11-17,24H,8,10H2,1H3/q+1. The third kappa shape index (κ3) is 3.26. The second-order valence-corrected chi connectivity index (χ2v) is 8.25. The van der Waals surface area contributed by atoms with Crippen LogP contribution in [0.15, 0.2) is 79.4 Å². The number of aryl methyl sites for hydroxylation is 1. The van der Waals surface area contributed by atoms with E-state index in [1.165, 1.54) is 10.9 Å². The number of aromatic nitrogens is 2. The molecule has 5 rings (SSSR count). The normalized spacial score (nSPS) is 17.3. The van der Waals surface area contributed by atoms with Crippen LogP contribution < -0.4 is 4.57 Å². The molecule has 0 bridgehead atoms. The van der Waals surface area contributed by atoms with Gasteiger partial charge in [-0.2, -0.15) is 4.57 Å². The van der Waals surface area contributed by atoms with Crippen molar-refractivity contribution in [3.05, 3.63) is 101 Å². The molecule has 1 aliphatic carbocycles. The van der Waals surface area contributed by atoms with Gasteiger partial charge in [-0.05, 0) is 36.6 Å². The number of carbonyl (C=O) groups excluding carboxylic acids is 1. The van der Waals surface area contributed by atoms with Crippen molar-refractivity contribution >= 4 is 28.2 Å². The second kappa shape index (κ2) is 7.16. The molecule has 0 saturated heterocycles. The zero-order valence-electron chi connectivity index (χ0n) is 16.3. The molecule has 3 nitrogen and oxygen atoms in total. The molecule has 144 valence electrons. The average molecular weight is 402 g/mol. The van der Waals surface area contributed by atoms with E-state index in [9.17, 15) is 4.79 Å². The Morgan fingerprint density at radius 1 is 1.07 bits per heavy atom. The fraction of sp³-hybridized carbons (Fsp3) is 0.200. The summed E-state index contributed by atoms with van der Waals surface area (Å²) in [6.07, 6.45) is 10.2. The Bertz CT molecular complexity index is 1210. The van der Waals surface area contributed by atoms with Gasteiger partial charge in [0.1, 0.15) is 0 Å². The minimum atomic E-state index is -0.180. The Kier molecular flexibility index (Phi) is 4.48. The molecule has 0 radical (unpaired) electrons. The number of ketones is 1. The van der Waals surface area contributed by atoms with E-state index in [-0.39, 0.29) is 17.9 Å². The summed E-state index contributed by atoms with van der Waals surface area (Å²) in [6.45, 7) is 2.20. The number of nitrogens with zero attached hydrogens (tertiary/aromatic N) is 2. The molecular weight excluding hydrogens is 380 g/mol. The molecule has 0 spiro atoms. The highest BCUT2D eigenvalue weighted by atomic mass is 35.5. The maximum atomic E-state index is 13.1. The van der Waals surface area contributed by atoms with Crippen molar-refractivity contribution in [1.82, 2.24) is 4.57 Å². The predicted molar refractivity (Wildman–Crippen MR) is 116 cm³/mol. The first kappa shape index (κ1) is 18.1. The van der Waals surface area contributed by atoms with Crippen molar-refractivity contribution in [1.29, 1.82) is 0 Å². The summed E-state index contributed by atoms with van der Waals surface area (Å²) in [5.41, 5.74) is 3.13. The highest BCUT2D eigenvalue weighted by Gasteiger charge is 2.34. The van der Waals surface area contributed by atoms with Gasteiger partial charge in [-0.3, -0.25) is 4.79 Å². The molecule has 1 aliphatic rings. The van der Waals surface area contributed by atoms with Gasteiger partial charge < -0.3 is 4.57 Å². The number of carbonyl (C=O) groups is 1. The Morgan fingerprint density at radius 3 is 2.69 bits per heavy atom. The summed E-state index contributed by atoms with van der Waals surface area (Å²) in [5.74, 6) is 0.148. The van der Waals surface area contributed by atoms with Gasteiger partial charge in [-0.1, -0.05) is 48.0 Å². The monoisotopic (exact) mass is 401 g/mol. The number of hydrogen-bond donors (Lipinski definition) is 0. The van der Waals surface area contributed by atoms with E-state index in [0.717, 1.165) is 29.4 Å². The van der Waals surface area contributed by atoms with Crippen LogP contribution in [0.5, 0.6) is 0 Å². The second-order valence-electron chi connectivity index (χ2n) is 7.81. The van der Waals surface area contributed by atoms with Gasteiger partial charge in [-0.25, -0.2) is 0 Å². The first-order chi connectivity index (χ1) is 14.1. The Labute approximate surface area is 175 Å². The fourth-order valence-corrected chi connectivity index (χ4v) is 4.50. The van der Waals surface area contributed by atoms with Crippen molar-refractivity contribution in [3.8, 4) is 0 Å². The van der Waals surface area contributed by atoms with Crippen molar-refractivity contribution in [3.63, 3.8) is 0 Å². The summed E-state index contributed by atoms with van der Waals surface area (Å²) in [6, 6.07) is 18.3. The van der Waals surface area contributed by atoms with E-state index in [1.807, 2.05) is 30.5 Å². The minimum Gasteiger partial charge on any atom is -0.346 e. The van der Waals surface area contributed by atoms with Gasteiger partial charge in [0.25, 0.3) is 0 Å². The summed E-state index contributed by atoms with van der Waals surface area (Å²) in [7, 11) is 0. The van der Waals surface area contributed by atoms with E-state index in [0.29, 0.717) is 5.02 Å². The number of pyridine rings is 1. The number of hydrogen-bond acceptors (Lipinski definition) is 1. The van der Waals surface area contributed by atoms with Crippen LogP contribution >= 0.6 is 11.6 Å². The van der Waals surface area contributed by atoms with Crippen molar-refractivity contribution in [2.75, 3.05) is 0 Å². The van der Waals surface area contributed by atoms with Gasteiger partial charge in [0.15, 0.2) is 12.4 Å². The van der Waals surface area contributed by atoms with E-state index in [4.69, 9.17) is 11.6 Å². The Hall–Kier alpha value is -2.91. The van der Waals surface area contributed by atoms with Crippen LogP contribution in [0.25, 0.3) is 10.8 Å². The SMILES string of the molecule is CC(c1ccccc1)n1cc2cc[n+](C3CCc4ccc(Cl)cc4C3=O)cc2c1. The van der Waals surface area contributed by atoms with E-state index in [1.54, 1.807) is 0 Å². The van der Waals surface area contributed by atoms with E-state index < -0.39 is 0 Å². The number of benzene rings is 2. The minimum absolute atomic E-state index is 0.148. The van der Waals surface area contributed by atoms with Gasteiger partial charge in [0, 0.05) is 40.9 Å². The molecule has 2 unspecified atom stereocenters. The zero-order chi connectivity index (χ0) is 20.0. The van der Waals surface area contributed by atoms with E-state index >= 15 is 0 Å². The van der Waals surface area contributed by atoms with Crippen molar-refractivity contribution in [2.45, 2.75) is 31.8 Å². The number of rotatable bonds is 3. The third-order valence-corrected chi connectivity index (χ3v) is 6.28. The fourth-order valence-electron chi connectivity index (χ4n) is 4.33. The van der Waals surface area contributed by atoms with Gasteiger partial charge in [0.05, 0.1) is 11.4 Å². The summed E-state index contributed by atoms with van der Waals surface area (Å²) in [4.78, 5) is 13.1. The lowest BCUT2D eigenvalue weighted by Gasteiger charge is -2.19. The highest BCUT2D eigenvalue weighted by molar-refractivity contribution is 6.31. The molecular formula is C25H22ClN2O+. The van der Waals surface area contributed by atoms with Crippen LogP contribution in [-0.4, -0.2) is 10.4 Å². The molecule has 2 aromatic heterocycles. The van der Waals surface area contributed by atoms with Crippen LogP contribution in [-0.2, 0) is 6.42 Å². The van der Waals surface area contributed by atoms with E-state index in [2.05, 4.69) is 65.0 Å². The molecule has 4 heteroatoms. The number of Topliss-reactive ketones (excluding diaryl/α,β-unsaturated/α-hetero) is 1.